The van der Waals surface area contributed by atoms with Crippen molar-refractivity contribution in [3.05, 3.63) is 62.3 Å². The van der Waals surface area contributed by atoms with E-state index in [1.807, 2.05) is 0 Å². The highest BCUT2D eigenvalue weighted by Gasteiger charge is 2.30. The summed E-state index contributed by atoms with van der Waals surface area (Å²) in [5.41, 5.74) is -0.361. The second-order valence-corrected chi connectivity index (χ2v) is 5.99. The van der Waals surface area contributed by atoms with E-state index in [0.717, 1.165) is 24.3 Å². The number of hydrogen-bond donors (Lipinski definition) is 1. The van der Waals surface area contributed by atoms with E-state index in [0.29, 0.717) is 0 Å². The number of alkyl halides is 3. The molecule has 0 fully saturated rings. The van der Waals surface area contributed by atoms with Gasteiger partial charge in [0.2, 0.25) is 0 Å². The van der Waals surface area contributed by atoms with E-state index in [9.17, 15) is 22.4 Å². The quantitative estimate of drug-likeness (QED) is 0.490. The lowest BCUT2D eigenvalue weighted by Crippen LogP contribution is -2.14. The number of carbonyl (C=O) groups is 1. The van der Waals surface area contributed by atoms with Gasteiger partial charge in [-0.3, -0.25) is 4.79 Å². The SMILES string of the molecule is Cc1cc(C(F)(F)F)ccc1NC(=O)c1cc(Br)c(F)cc1Cl. The molecule has 0 heterocycles. The summed E-state index contributed by atoms with van der Waals surface area (Å²) in [6, 6.07) is 5.12. The maximum atomic E-state index is 13.3. The first kappa shape index (κ1) is 17.7. The number of aryl methyl sites for hydroxylation is 1. The Labute approximate surface area is 142 Å². The molecule has 8 heteroatoms. The van der Waals surface area contributed by atoms with Gasteiger partial charge in [-0.15, -0.1) is 0 Å². The minimum Gasteiger partial charge on any atom is -0.322 e. The molecule has 0 aliphatic heterocycles. The van der Waals surface area contributed by atoms with Gasteiger partial charge in [0.05, 0.1) is 20.6 Å². The monoisotopic (exact) mass is 409 g/mol. The van der Waals surface area contributed by atoms with Crippen molar-refractivity contribution in [2.45, 2.75) is 13.1 Å². The van der Waals surface area contributed by atoms with Crippen molar-refractivity contribution in [1.29, 1.82) is 0 Å². The fourth-order valence-electron chi connectivity index (χ4n) is 1.87. The molecule has 0 radical (unpaired) electrons. The maximum Gasteiger partial charge on any atom is 0.416 e. The van der Waals surface area contributed by atoms with Crippen molar-refractivity contribution in [2.24, 2.45) is 0 Å². The molecular formula is C15H9BrClF4NO. The number of hydrogen-bond acceptors (Lipinski definition) is 1. The number of amides is 1. The first-order valence-corrected chi connectivity index (χ1v) is 7.40. The number of halogens is 6. The molecule has 0 aliphatic rings. The van der Waals surface area contributed by atoms with Gasteiger partial charge in [-0.1, -0.05) is 11.6 Å². The van der Waals surface area contributed by atoms with Gasteiger partial charge in [0, 0.05) is 5.69 Å². The Bertz CT molecular complexity index is 777. The van der Waals surface area contributed by atoms with Crippen LogP contribution < -0.4 is 5.32 Å². The number of rotatable bonds is 2. The van der Waals surface area contributed by atoms with E-state index in [1.165, 1.54) is 13.0 Å². The summed E-state index contributed by atoms with van der Waals surface area (Å²) in [7, 11) is 0. The van der Waals surface area contributed by atoms with Crippen LogP contribution in [0.3, 0.4) is 0 Å². The highest BCUT2D eigenvalue weighted by molar-refractivity contribution is 9.10. The van der Waals surface area contributed by atoms with Gasteiger partial charge in [-0.05, 0) is 58.7 Å². The molecule has 0 bridgehead atoms. The summed E-state index contributed by atoms with van der Waals surface area (Å²) in [4.78, 5) is 12.2. The van der Waals surface area contributed by atoms with E-state index in [-0.39, 0.29) is 26.3 Å². The van der Waals surface area contributed by atoms with Crippen LogP contribution in [0.25, 0.3) is 0 Å². The predicted octanol–water partition coefficient (Wildman–Crippen LogP) is 5.82. The van der Waals surface area contributed by atoms with Crippen LogP contribution in [-0.4, -0.2) is 5.91 Å². The van der Waals surface area contributed by atoms with Crippen LogP contribution >= 0.6 is 27.5 Å². The molecule has 0 spiro atoms. The van der Waals surface area contributed by atoms with Crippen LogP contribution in [0.2, 0.25) is 5.02 Å². The molecule has 0 saturated heterocycles. The average molecular weight is 411 g/mol. The smallest absolute Gasteiger partial charge is 0.322 e. The van der Waals surface area contributed by atoms with Gasteiger partial charge < -0.3 is 5.32 Å². The van der Waals surface area contributed by atoms with Crippen LogP contribution in [0.4, 0.5) is 23.2 Å². The lowest BCUT2D eigenvalue weighted by molar-refractivity contribution is -0.137. The third-order valence-corrected chi connectivity index (χ3v) is 3.98. The summed E-state index contributed by atoms with van der Waals surface area (Å²) in [5, 5.41) is 2.35. The summed E-state index contributed by atoms with van der Waals surface area (Å²) in [6.07, 6.45) is -4.46. The van der Waals surface area contributed by atoms with Crippen LogP contribution in [-0.2, 0) is 6.18 Å². The van der Waals surface area contributed by atoms with Gasteiger partial charge in [0.15, 0.2) is 0 Å². The Morgan fingerprint density at radius 3 is 2.43 bits per heavy atom. The van der Waals surface area contributed by atoms with Crippen molar-refractivity contribution >= 4 is 39.1 Å². The number of nitrogens with one attached hydrogen (secondary N) is 1. The van der Waals surface area contributed by atoms with Crippen LogP contribution in [0.15, 0.2) is 34.8 Å². The molecule has 2 nitrogen and oxygen atoms in total. The number of benzene rings is 2. The van der Waals surface area contributed by atoms with Gasteiger partial charge in [-0.2, -0.15) is 13.2 Å². The van der Waals surface area contributed by atoms with E-state index in [4.69, 9.17) is 11.6 Å². The fraction of sp³-hybridized carbons (Fsp3) is 0.133. The number of anilines is 1. The first-order chi connectivity index (χ1) is 10.6. The maximum absolute atomic E-state index is 13.3. The molecule has 0 unspecified atom stereocenters. The van der Waals surface area contributed by atoms with Crippen LogP contribution in [0, 0.1) is 12.7 Å². The lowest BCUT2D eigenvalue weighted by atomic mass is 10.1. The highest BCUT2D eigenvalue weighted by Crippen LogP contribution is 2.32. The summed E-state index contributed by atoms with van der Waals surface area (Å²) >= 11 is 8.76. The first-order valence-electron chi connectivity index (χ1n) is 6.23. The Hall–Kier alpha value is -1.60. The van der Waals surface area contributed by atoms with E-state index in [2.05, 4.69) is 21.2 Å². The van der Waals surface area contributed by atoms with Crippen molar-refractivity contribution in [3.8, 4) is 0 Å². The van der Waals surface area contributed by atoms with E-state index < -0.39 is 23.5 Å². The summed E-state index contributed by atoms with van der Waals surface area (Å²) in [5.74, 6) is -1.28. The molecule has 2 aromatic carbocycles. The van der Waals surface area contributed by atoms with Gasteiger partial charge in [0.1, 0.15) is 5.82 Å². The Balaban J connectivity index is 2.29. The minimum absolute atomic E-state index is 0.000704. The van der Waals surface area contributed by atoms with Crippen LogP contribution in [0.5, 0.6) is 0 Å². The van der Waals surface area contributed by atoms with Crippen molar-refractivity contribution in [2.75, 3.05) is 5.32 Å². The molecular weight excluding hydrogens is 402 g/mol. The summed E-state index contributed by atoms with van der Waals surface area (Å²) < 4.78 is 51.2. The second-order valence-electron chi connectivity index (χ2n) is 4.73. The van der Waals surface area contributed by atoms with E-state index >= 15 is 0 Å². The molecule has 1 amide bonds. The molecule has 0 atom stereocenters. The molecule has 0 aliphatic carbocycles. The van der Waals surface area contributed by atoms with Crippen molar-refractivity contribution in [1.82, 2.24) is 0 Å². The number of carbonyl (C=O) groups excluding carboxylic acids is 1. The topological polar surface area (TPSA) is 29.1 Å². The zero-order valence-electron chi connectivity index (χ0n) is 11.6. The third-order valence-electron chi connectivity index (χ3n) is 3.06. The summed E-state index contributed by atoms with van der Waals surface area (Å²) in [6.45, 7) is 1.44. The van der Waals surface area contributed by atoms with Gasteiger partial charge in [0.25, 0.3) is 5.91 Å². The van der Waals surface area contributed by atoms with Gasteiger partial charge >= 0.3 is 6.18 Å². The second kappa shape index (κ2) is 6.49. The van der Waals surface area contributed by atoms with Crippen molar-refractivity contribution < 1.29 is 22.4 Å². The van der Waals surface area contributed by atoms with Gasteiger partial charge in [-0.25, -0.2) is 4.39 Å². The molecule has 0 aromatic heterocycles. The highest BCUT2D eigenvalue weighted by atomic mass is 79.9. The molecule has 23 heavy (non-hydrogen) atoms. The van der Waals surface area contributed by atoms with Crippen LogP contribution in [0.1, 0.15) is 21.5 Å². The Morgan fingerprint density at radius 1 is 1.22 bits per heavy atom. The van der Waals surface area contributed by atoms with Crippen molar-refractivity contribution in [3.63, 3.8) is 0 Å². The molecule has 2 rings (SSSR count). The molecule has 2 aromatic rings. The van der Waals surface area contributed by atoms with E-state index in [1.54, 1.807) is 0 Å². The fourth-order valence-corrected chi connectivity index (χ4v) is 2.45. The average Bonchev–Trinajstić information content (AvgIpc) is 2.43. The largest absolute Gasteiger partial charge is 0.416 e. The lowest BCUT2D eigenvalue weighted by Gasteiger charge is -2.13. The Morgan fingerprint density at radius 2 is 1.87 bits per heavy atom. The minimum atomic E-state index is -4.46. The zero-order valence-corrected chi connectivity index (χ0v) is 13.9. The standard InChI is InChI=1S/C15H9BrClF4NO/c1-7-4-8(15(19,20)21)2-3-13(7)22-14(23)9-5-10(16)12(18)6-11(9)17/h2-6H,1H3,(H,22,23). The molecule has 0 saturated carbocycles. The predicted molar refractivity (Wildman–Crippen MR) is 83.2 cm³/mol. The molecule has 1 N–H and O–H groups in total. The zero-order chi connectivity index (χ0) is 17.4. The molecule has 122 valence electrons. The normalized spacial score (nSPS) is 11.4. The third kappa shape index (κ3) is 4.03. The Kier molecular flexibility index (Phi) is 5.01.